The molecular formula is C22H27N3O3. The molecule has 2 aliphatic carbocycles. The van der Waals surface area contributed by atoms with Gasteiger partial charge in [0.1, 0.15) is 5.54 Å². The van der Waals surface area contributed by atoms with Gasteiger partial charge in [0.2, 0.25) is 11.8 Å². The first kappa shape index (κ1) is 18.9. The molecule has 2 N–H and O–H groups in total. The van der Waals surface area contributed by atoms with Crippen LogP contribution < -0.4 is 5.32 Å². The Kier molecular flexibility index (Phi) is 5.11. The molecule has 6 heteroatoms. The number of carbonyl (C=O) groups is 2. The van der Waals surface area contributed by atoms with Crippen molar-refractivity contribution in [1.82, 2.24) is 10.2 Å². The second-order valence-corrected chi connectivity index (χ2v) is 8.45. The van der Waals surface area contributed by atoms with E-state index in [1.54, 1.807) is 0 Å². The number of carbonyl (C=O) groups excluding carboxylic acids is 2. The summed E-state index contributed by atoms with van der Waals surface area (Å²) in [6.07, 6.45) is 5.56. The van der Waals surface area contributed by atoms with E-state index >= 15 is 0 Å². The number of aliphatic hydroxyl groups excluding tert-OH is 1. The normalized spacial score (nSPS) is 25.4. The van der Waals surface area contributed by atoms with Crippen LogP contribution in [0.1, 0.15) is 55.2 Å². The highest BCUT2D eigenvalue weighted by Crippen LogP contribution is 2.38. The number of rotatable bonds is 4. The summed E-state index contributed by atoms with van der Waals surface area (Å²) in [5.41, 5.74) is 2.53. The third-order valence-corrected chi connectivity index (χ3v) is 6.52. The van der Waals surface area contributed by atoms with E-state index < -0.39 is 5.54 Å². The average molecular weight is 381 g/mol. The third-order valence-electron chi connectivity index (χ3n) is 6.52. The van der Waals surface area contributed by atoms with Gasteiger partial charge in [-0.3, -0.25) is 9.59 Å². The third kappa shape index (κ3) is 3.64. The van der Waals surface area contributed by atoms with Gasteiger partial charge in [0, 0.05) is 24.9 Å². The van der Waals surface area contributed by atoms with Gasteiger partial charge >= 0.3 is 0 Å². The zero-order valence-corrected chi connectivity index (χ0v) is 16.1. The maximum atomic E-state index is 13.3. The fraction of sp³-hybridized carbons (Fsp3) is 0.591. The molecule has 0 radical (unpaired) electrons. The summed E-state index contributed by atoms with van der Waals surface area (Å²) >= 11 is 0. The minimum Gasteiger partial charge on any atom is -0.392 e. The monoisotopic (exact) mass is 381 g/mol. The molecule has 0 unspecified atom stereocenters. The second kappa shape index (κ2) is 7.56. The van der Waals surface area contributed by atoms with E-state index in [-0.39, 0.29) is 30.3 Å². The van der Waals surface area contributed by atoms with Crippen LogP contribution in [0.4, 0.5) is 0 Å². The van der Waals surface area contributed by atoms with E-state index in [0.717, 1.165) is 36.8 Å². The predicted octanol–water partition coefficient (Wildman–Crippen LogP) is 2.04. The summed E-state index contributed by atoms with van der Waals surface area (Å²) in [4.78, 5) is 28.0. The summed E-state index contributed by atoms with van der Waals surface area (Å²) in [6, 6.07) is 8.12. The highest BCUT2D eigenvalue weighted by atomic mass is 16.3. The molecule has 3 aliphatic rings. The quantitative estimate of drug-likeness (QED) is 0.835. The number of amides is 2. The maximum Gasteiger partial charge on any atom is 0.226 e. The number of nitrogens with zero attached hydrogens (tertiary/aromatic N) is 2. The Balaban J connectivity index is 1.46. The van der Waals surface area contributed by atoms with Crippen LogP contribution in [-0.4, -0.2) is 33.9 Å². The first-order chi connectivity index (χ1) is 13.5. The minimum atomic E-state index is -0.684. The van der Waals surface area contributed by atoms with Gasteiger partial charge in [-0.2, -0.15) is 5.26 Å². The lowest BCUT2D eigenvalue weighted by molar-refractivity contribution is -0.144. The van der Waals surface area contributed by atoms with Crippen LogP contribution in [0, 0.1) is 23.2 Å². The van der Waals surface area contributed by atoms with E-state index in [2.05, 4.69) is 11.4 Å². The number of aliphatic hydroxyl groups is 1. The molecule has 28 heavy (non-hydrogen) atoms. The molecule has 2 fully saturated rings. The van der Waals surface area contributed by atoms with Crippen molar-refractivity contribution in [2.75, 3.05) is 6.54 Å². The van der Waals surface area contributed by atoms with E-state index in [0.29, 0.717) is 32.4 Å². The lowest BCUT2D eigenvalue weighted by Crippen LogP contribution is -2.48. The van der Waals surface area contributed by atoms with Gasteiger partial charge in [-0.25, -0.2) is 0 Å². The number of nitriles is 1. The molecule has 148 valence electrons. The van der Waals surface area contributed by atoms with Crippen molar-refractivity contribution in [2.24, 2.45) is 11.8 Å². The molecule has 0 bridgehead atoms. The van der Waals surface area contributed by atoms with Crippen molar-refractivity contribution >= 4 is 11.8 Å². The van der Waals surface area contributed by atoms with Gasteiger partial charge in [-0.1, -0.05) is 31.0 Å². The molecule has 1 heterocycles. The number of fused-ring (bicyclic) bond motifs is 1. The first-order valence-electron chi connectivity index (χ1n) is 10.3. The van der Waals surface area contributed by atoms with Crippen molar-refractivity contribution in [3.8, 4) is 6.07 Å². The summed E-state index contributed by atoms with van der Waals surface area (Å²) < 4.78 is 0. The fourth-order valence-electron chi connectivity index (χ4n) is 4.59. The lowest BCUT2D eigenvalue weighted by Gasteiger charge is -2.36. The van der Waals surface area contributed by atoms with Crippen LogP contribution in [0.15, 0.2) is 18.2 Å². The molecule has 0 saturated heterocycles. The molecule has 2 saturated carbocycles. The Morgan fingerprint density at radius 2 is 1.96 bits per heavy atom. The highest BCUT2D eigenvalue weighted by molar-refractivity contribution is 5.88. The molecule has 6 nitrogen and oxygen atoms in total. The maximum absolute atomic E-state index is 13.3. The van der Waals surface area contributed by atoms with E-state index in [4.69, 9.17) is 0 Å². The Morgan fingerprint density at radius 1 is 1.21 bits per heavy atom. The molecule has 1 aromatic carbocycles. The summed E-state index contributed by atoms with van der Waals surface area (Å²) in [5, 5.41) is 21.5. The summed E-state index contributed by atoms with van der Waals surface area (Å²) in [6.45, 7) is 1.24. The van der Waals surface area contributed by atoms with Crippen LogP contribution in [0.25, 0.3) is 0 Å². The molecule has 2 amide bonds. The van der Waals surface area contributed by atoms with Gasteiger partial charge in [0.15, 0.2) is 0 Å². The summed E-state index contributed by atoms with van der Waals surface area (Å²) in [5.74, 6) is -0.674. The number of nitrogens with one attached hydrogen (secondary N) is 1. The Morgan fingerprint density at radius 3 is 2.64 bits per heavy atom. The van der Waals surface area contributed by atoms with Crippen LogP contribution in [0.3, 0.4) is 0 Å². The van der Waals surface area contributed by atoms with Crippen LogP contribution in [0.5, 0.6) is 0 Å². The first-order valence-corrected chi connectivity index (χ1v) is 10.3. The largest absolute Gasteiger partial charge is 0.392 e. The van der Waals surface area contributed by atoms with Crippen molar-refractivity contribution in [3.05, 3.63) is 34.9 Å². The molecular weight excluding hydrogens is 354 g/mol. The van der Waals surface area contributed by atoms with Gasteiger partial charge < -0.3 is 15.3 Å². The molecule has 1 aliphatic heterocycles. The molecule has 2 atom stereocenters. The fourth-order valence-corrected chi connectivity index (χ4v) is 4.59. The zero-order chi connectivity index (χ0) is 19.7. The Labute approximate surface area is 165 Å². The molecule has 1 aromatic rings. The van der Waals surface area contributed by atoms with Crippen molar-refractivity contribution in [1.29, 1.82) is 5.26 Å². The van der Waals surface area contributed by atoms with Crippen molar-refractivity contribution < 1.29 is 14.7 Å². The second-order valence-electron chi connectivity index (χ2n) is 8.45. The van der Waals surface area contributed by atoms with E-state index in [9.17, 15) is 20.0 Å². The SMILES string of the molecule is N#CC1(NC(=O)[C@@H]2CCCC[C@H]2C(=O)N2CCc3cc(CO)ccc3C2)CC1. The smallest absolute Gasteiger partial charge is 0.226 e. The lowest BCUT2D eigenvalue weighted by atomic mass is 9.77. The zero-order valence-electron chi connectivity index (χ0n) is 16.1. The molecule has 0 aromatic heterocycles. The number of benzene rings is 1. The topological polar surface area (TPSA) is 93.4 Å². The predicted molar refractivity (Wildman–Crippen MR) is 103 cm³/mol. The van der Waals surface area contributed by atoms with Crippen LogP contribution in [0.2, 0.25) is 0 Å². The van der Waals surface area contributed by atoms with E-state index in [1.165, 1.54) is 5.56 Å². The van der Waals surface area contributed by atoms with Gasteiger partial charge in [-0.15, -0.1) is 0 Å². The average Bonchev–Trinajstić information content (AvgIpc) is 3.52. The van der Waals surface area contributed by atoms with E-state index in [1.807, 2.05) is 23.1 Å². The number of hydrogen-bond acceptors (Lipinski definition) is 4. The standard InChI is InChI=1S/C22H27N3O3/c23-14-22(8-9-22)24-20(27)18-3-1-2-4-19(18)21(28)25-10-7-16-11-15(13-26)5-6-17(16)12-25/h5-6,11,18-19,26H,1-4,7-10,12-13H2,(H,24,27)/t18-,19-/m1/s1. The molecule has 0 spiro atoms. The van der Waals surface area contributed by atoms with Crippen LogP contribution in [-0.2, 0) is 29.2 Å². The number of hydrogen-bond donors (Lipinski definition) is 2. The Bertz CT molecular complexity index is 825. The van der Waals surface area contributed by atoms with Crippen molar-refractivity contribution in [3.63, 3.8) is 0 Å². The van der Waals surface area contributed by atoms with Crippen LogP contribution >= 0.6 is 0 Å². The van der Waals surface area contributed by atoms with Crippen molar-refractivity contribution in [2.45, 2.75) is 63.6 Å². The minimum absolute atomic E-state index is 0.0268. The summed E-state index contributed by atoms with van der Waals surface area (Å²) in [7, 11) is 0. The molecule has 4 rings (SSSR count). The van der Waals surface area contributed by atoms with Gasteiger partial charge in [0.05, 0.1) is 12.7 Å². The Hall–Kier alpha value is -2.39. The van der Waals surface area contributed by atoms with Gasteiger partial charge in [0.25, 0.3) is 0 Å². The highest BCUT2D eigenvalue weighted by Gasteiger charge is 2.47. The van der Waals surface area contributed by atoms with Gasteiger partial charge in [-0.05, 0) is 48.8 Å².